The lowest BCUT2D eigenvalue weighted by Crippen LogP contribution is -2.20. The molecule has 2 rings (SSSR count). The van der Waals surface area contributed by atoms with E-state index in [1.807, 2.05) is 0 Å². The number of halogens is 1. The first kappa shape index (κ1) is 15.5. The lowest BCUT2D eigenvalue weighted by molar-refractivity contribution is -0.120. The number of phenolic OH excluding ortho intramolecular Hbond substituents is 1. The molecule has 0 aliphatic carbocycles. The number of carbonyl (C=O) groups excluding carboxylic acids is 1. The maximum atomic E-state index is 13.4. The lowest BCUT2D eigenvalue weighted by atomic mass is 10.1. The average Bonchev–Trinajstić information content (AvgIpc) is 2.51. The summed E-state index contributed by atoms with van der Waals surface area (Å²) < 4.78 is 18.5. The van der Waals surface area contributed by atoms with Crippen LogP contribution >= 0.6 is 0 Å². The Hall–Kier alpha value is -2.89. The Bertz CT molecular complexity index is 702. The van der Waals surface area contributed by atoms with Gasteiger partial charge in [0, 0.05) is 11.6 Å². The first-order chi connectivity index (χ1) is 10.6. The van der Waals surface area contributed by atoms with Crippen LogP contribution in [0.3, 0.4) is 0 Å². The van der Waals surface area contributed by atoms with E-state index in [2.05, 4.69) is 10.5 Å². The van der Waals surface area contributed by atoms with Crippen LogP contribution in [0.4, 0.5) is 4.39 Å². The van der Waals surface area contributed by atoms with Crippen molar-refractivity contribution in [3.8, 4) is 11.5 Å². The van der Waals surface area contributed by atoms with Crippen LogP contribution in [0, 0.1) is 5.82 Å². The van der Waals surface area contributed by atoms with Gasteiger partial charge in [-0.3, -0.25) is 4.79 Å². The second-order valence-corrected chi connectivity index (χ2v) is 4.49. The molecule has 1 amide bonds. The number of benzene rings is 2. The highest BCUT2D eigenvalue weighted by Gasteiger charge is 2.07. The number of ether oxygens (including phenoxy) is 1. The monoisotopic (exact) mass is 302 g/mol. The summed E-state index contributed by atoms with van der Waals surface area (Å²) in [6.07, 6.45) is 1.29. The van der Waals surface area contributed by atoms with Gasteiger partial charge in [-0.25, -0.2) is 9.82 Å². The van der Waals surface area contributed by atoms with Crippen LogP contribution < -0.4 is 10.2 Å². The van der Waals surface area contributed by atoms with Gasteiger partial charge in [0.2, 0.25) is 5.91 Å². The Kier molecular flexibility index (Phi) is 5.08. The Morgan fingerprint density at radius 2 is 2.14 bits per heavy atom. The molecule has 0 saturated carbocycles. The zero-order valence-corrected chi connectivity index (χ0v) is 11.9. The van der Waals surface area contributed by atoms with Crippen LogP contribution in [0.1, 0.15) is 11.1 Å². The third-order valence-electron chi connectivity index (χ3n) is 2.92. The van der Waals surface area contributed by atoms with E-state index in [1.165, 1.54) is 31.5 Å². The van der Waals surface area contributed by atoms with Gasteiger partial charge in [-0.1, -0.05) is 18.2 Å². The van der Waals surface area contributed by atoms with Crippen LogP contribution in [0.2, 0.25) is 0 Å². The maximum Gasteiger partial charge on any atom is 0.244 e. The fourth-order valence-electron chi connectivity index (χ4n) is 1.83. The summed E-state index contributed by atoms with van der Waals surface area (Å²) in [7, 11) is 1.46. The first-order valence-corrected chi connectivity index (χ1v) is 6.52. The Labute approximate surface area is 127 Å². The van der Waals surface area contributed by atoms with E-state index in [4.69, 9.17) is 4.74 Å². The van der Waals surface area contributed by atoms with Crippen molar-refractivity contribution in [3.05, 3.63) is 59.4 Å². The number of amides is 1. The molecule has 0 heterocycles. The molecule has 0 unspecified atom stereocenters. The number of nitrogens with one attached hydrogen (secondary N) is 1. The fourth-order valence-corrected chi connectivity index (χ4v) is 1.83. The minimum absolute atomic E-state index is 0.0672. The third-order valence-corrected chi connectivity index (χ3v) is 2.92. The molecule has 22 heavy (non-hydrogen) atoms. The van der Waals surface area contributed by atoms with E-state index in [1.54, 1.807) is 24.3 Å². The third kappa shape index (κ3) is 4.05. The van der Waals surface area contributed by atoms with Gasteiger partial charge in [0.15, 0.2) is 0 Å². The minimum atomic E-state index is -0.431. The van der Waals surface area contributed by atoms with Crippen molar-refractivity contribution < 1.29 is 19.0 Å². The summed E-state index contributed by atoms with van der Waals surface area (Å²) in [4.78, 5) is 11.7. The number of methoxy groups -OCH3 is 1. The van der Waals surface area contributed by atoms with Crippen molar-refractivity contribution in [2.75, 3.05) is 7.11 Å². The number of nitrogens with zero attached hydrogens (tertiary/aromatic N) is 1. The predicted molar refractivity (Wildman–Crippen MR) is 80.5 cm³/mol. The van der Waals surface area contributed by atoms with Gasteiger partial charge in [-0.2, -0.15) is 5.10 Å². The molecule has 0 aliphatic heterocycles. The predicted octanol–water partition coefficient (Wildman–Crippen LogP) is 2.23. The van der Waals surface area contributed by atoms with Crippen molar-refractivity contribution >= 4 is 12.1 Å². The summed E-state index contributed by atoms with van der Waals surface area (Å²) >= 11 is 0. The molecule has 5 nitrogen and oxygen atoms in total. The number of rotatable bonds is 5. The normalized spacial score (nSPS) is 10.6. The molecule has 0 spiro atoms. The molecule has 2 aromatic rings. The summed E-state index contributed by atoms with van der Waals surface area (Å²) in [5.74, 6) is -0.370. The van der Waals surface area contributed by atoms with Crippen molar-refractivity contribution in [1.82, 2.24) is 5.43 Å². The SMILES string of the molecule is COc1cc(O)ccc1C=NNC(=O)Cc1ccccc1F. The molecule has 0 radical (unpaired) electrons. The highest BCUT2D eigenvalue weighted by atomic mass is 19.1. The lowest BCUT2D eigenvalue weighted by Gasteiger charge is -2.05. The molecular formula is C16H15FN2O3. The molecule has 6 heteroatoms. The van der Waals surface area contributed by atoms with Crippen LogP contribution in [0.25, 0.3) is 0 Å². The topological polar surface area (TPSA) is 70.9 Å². The molecule has 2 aromatic carbocycles. The second-order valence-electron chi connectivity index (χ2n) is 4.49. The summed E-state index contributed by atoms with van der Waals surface area (Å²) in [5, 5.41) is 13.1. The Morgan fingerprint density at radius 3 is 2.86 bits per heavy atom. The standard InChI is InChI=1S/C16H15FN2O3/c1-22-15-9-13(20)7-6-12(15)10-18-19-16(21)8-11-4-2-3-5-14(11)17/h2-7,9-10,20H,8H2,1H3,(H,19,21). The van der Waals surface area contributed by atoms with E-state index in [0.29, 0.717) is 16.9 Å². The van der Waals surface area contributed by atoms with Gasteiger partial charge in [-0.05, 0) is 23.8 Å². The largest absolute Gasteiger partial charge is 0.508 e. The van der Waals surface area contributed by atoms with Crippen LogP contribution in [0.15, 0.2) is 47.6 Å². The summed E-state index contributed by atoms with van der Waals surface area (Å²) in [6.45, 7) is 0. The van der Waals surface area contributed by atoms with Crippen LogP contribution in [-0.4, -0.2) is 24.3 Å². The van der Waals surface area contributed by atoms with Gasteiger partial charge >= 0.3 is 0 Å². The molecule has 0 fully saturated rings. The fraction of sp³-hybridized carbons (Fsp3) is 0.125. The van der Waals surface area contributed by atoms with E-state index in [-0.39, 0.29) is 12.2 Å². The molecule has 0 atom stereocenters. The molecule has 0 aliphatic rings. The smallest absolute Gasteiger partial charge is 0.244 e. The molecule has 0 bridgehead atoms. The minimum Gasteiger partial charge on any atom is -0.508 e. The van der Waals surface area contributed by atoms with Gasteiger partial charge in [0.25, 0.3) is 0 Å². The molecular weight excluding hydrogens is 287 g/mol. The zero-order chi connectivity index (χ0) is 15.9. The van der Waals surface area contributed by atoms with Crippen LogP contribution in [0.5, 0.6) is 11.5 Å². The van der Waals surface area contributed by atoms with Crippen molar-refractivity contribution in [2.24, 2.45) is 5.10 Å². The number of carbonyl (C=O) groups is 1. The van der Waals surface area contributed by atoms with Gasteiger partial charge < -0.3 is 9.84 Å². The van der Waals surface area contributed by atoms with Crippen LogP contribution in [-0.2, 0) is 11.2 Å². The molecule has 114 valence electrons. The number of hydrogen-bond donors (Lipinski definition) is 2. The van der Waals surface area contributed by atoms with E-state index < -0.39 is 11.7 Å². The van der Waals surface area contributed by atoms with Crippen molar-refractivity contribution in [3.63, 3.8) is 0 Å². The molecule has 2 N–H and O–H groups in total. The van der Waals surface area contributed by atoms with E-state index >= 15 is 0 Å². The van der Waals surface area contributed by atoms with Gasteiger partial charge in [0.05, 0.1) is 19.7 Å². The maximum absolute atomic E-state index is 13.4. The highest BCUT2D eigenvalue weighted by molar-refractivity contribution is 5.86. The zero-order valence-electron chi connectivity index (χ0n) is 11.9. The number of phenols is 1. The van der Waals surface area contributed by atoms with Gasteiger partial charge in [-0.15, -0.1) is 0 Å². The highest BCUT2D eigenvalue weighted by Crippen LogP contribution is 2.22. The van der Waals surface area contributed by atoms with E-state index in [0.717, 1.165) is 0 Å². The number of aromatic hydroxyl groups is 1. The Balaban J connectivity index is 1.98. The van der Waals surface area contributed by atoms with Crippen molar-refractivity contribution in [2.45, 2.75) is 6.42 Å². The average molecular weight is 302 g/mol. The Morgan fingerprint density at radius 1 is 1.36 bits per heavy atom. The molecule has 0 saturated heterocycles. The molecule has 0 aromatic heterocycles. The second kappa shape index (κ2) is 7.21. The number of hydrazone groups is 1. The van der Waals surface area contributed by atoms with Gasteiger partial charge in [0.1, 0.15) is 17.3 Å². The quantitative estimate of drug-likeness (QED) is 0.657. The summed E-state index contributed by atoms with van der Waals surface area (Å²) in [5.41, 5.74) is 3.21. The van der Waals surface area contributed by atoms with Crippen molar-refractivity contribution in [1.29, 1.82) is 0 Å². The van der Waals surface area contributed by atoms with E-state index in [9.17, 15) is 14.3 Å². The first-order valence-electron chi connectivity index (χ1n) is 6.52. The number of hydrogen-bond acceptors (Lipinski definition) is 4. The summed E-state index contributed by atoms with van der Waals surface area (Å²) in [6, 6.07) is 10.6.